The Kier molecular flexibility index (Phi) is 6.78. The molecule has 1 heterocycles. The number of anilines is 2. The molecule has 0 unspecified atom stereocenters. The second kappa shape index (κ2) is 10.2. The average molecular weight is 528 g/mol. The van der Waals surface area contributed by atoms with Gasteiger partial charge in [0.25, 0.3) is 15.9 Å². The van der Waals surface area contributed by atoms with Crippen LogP contribution in [-0.4, -0.2) is 26.4 Å². The molecule has 0 atom stereocenters. The number of nitrogens with zero attached hydrogens (tertiary/aromatic N) is 3. The Balaban J connectivity index is 1.48. The normalized spacial score (nSPS) is 11.4. The van der Waals surface area contributed by atoms with Crippen LogP contribution in [0.15, 0.2) is 108 Å². The summed E-state index contributed by atoms with van der Waals surface area (Å²) < 4.78 is 28.6. The highest BCUT2D eigenvalue weighted by Gasteiger charge is 2.25. The van der Waals surface area contributed by atoms with Gasteiger partial charge in [0.1, 0.15) is 0 Å². The summed E-state index contributed by atoms with van der Waals surface area (Å²) in [6, 6.07) is 30.7. The lowest BCUT2D eigenvalue weighted by Crippen LogP contribution is -2.30. The minimum absolute atomic E-state index is 0.112. The molecule has 0 saturated carbocycles. The fraction of sp³-hybridized carbons (Fsp3) is 0.103. The molecular weight excluding hydrogens is 502 g/mol. The van der Waals surface area contributed by atoms with Gasteiger partial charge in [0.05, 0.1) is 27.3 Å². The predicted octanol–water partition coefficient (Wildman–Crippen LogP) is 6.28. The molecule has 4 aromatic carbocycles. The molecule has 1 aromatic heterocycles. The number of hydrogen-bond donors (Lipinski definition) is 0. The van der Waals surface area contributed by atoms with Gasteiger partial charge in [-0.3, -0.25) is 14.0 Å². The second-order valence-electron chi connectivity index (χ2n) is 8.63. The van der Waals surface area contributed by atoms with Gasteiger partial charge >= 0.3 is 0 Å². The van der Waals surface area contributed by atoms with Crippen LogP contribution in [0.5, 0.6) is 0 Å². The summed E-state index contributed by atoms with van der Waals surface area (Å²) in [6.07, 6.45) is 0. The molecule has 37 heavy (non-hydrogen) atoms. The number of thiazole rings is 1. The Bertz CT molecular complexity index is 1650. The minimum atomic E-state index is -3.78. The van der Waals surface area contributed by atoms with Gasteiger partial charge in [0, 0.05) is 12.6 Å². The number of sulfonamides is 1. The lowest BCUT2D eigenvalue weighted by Gasteiger charge is -2.21. The first-order valence-corrected chi connectivity index (χ1v) is 14.0. The Hall–Kier alpha value is -4.01. The quantitative estimate of drug-likeness (QED) is 0.250. The van der Waals surface area contributed by atoms with Crippen molar-refractivity contribution >= 4 is 48.3 Å². The zero-order chi connectivity index (χ0) is 26.0. The van der Waals surface area contributed by atoms with Crippen LogP contribution in [-0.2, 0) is 16.6 Å². The number of carbonyl (C=O) groups excluding carboxylic acids is 1. The highest BCUT2D eigenvalue weighted by Crippen LogP contribution is 2.32. The van der Waals surface area contributed by atoms with E-state index in [4.69, 9.17) is 4.98 Å². The van der Waals surface area contributed by atoms with Crippen LogP contribution in [0.4, 0.5) is 10.8 Å². The van der Waals surface area contributed by atoms with Crippen molar-refractivity contribution in [2.45, 2.75) is 18.4 Å². The molecule has 5 rings (SSSR count). The van der Waals surface area contributed by atoms with Crippen LogP contribution in [0.1, 0.15) is 21.5 Å². The van der Waals surface area contributed by atoms with E-state index in [0.29, 0.717) is 22.9 Å². The van der Waals surface area contributed by atoms with Gasteiger partial charge in [0.2, 0.25) is 0 Å². The molecule has 0 spiro atoms. The summed E-state index contributed by atoms with van der Waals surface area (Å²) in [7, 11) is -2.27. The maximum Gasteiger partial charge on any atom is 0.264 e. The Labute approximate surface area is 220 Å². The molecule has 0 bridgehead atoms. The molecule has 0 aliphatic heterocycles. The number of hydrogen-bond acceptors (Lipinski definition) is 5. The average Bonchev–Trinajstić information content (AvgIpc) is 3.37. The summed E-state index contributed by atoms with van der Waals surface area (Å²) >= 11 is 1.46. The first-order chi connectivity index (χ1) is 17.8. The largest absolute Gasteiger partial charge is 0.279 e. The number of rotatable bonds is 7. The van der Waals surface area contributed by atoms with Gasteiger partial charge in [-0.1, -0.05) is 72.0 Å². The van der Waals surface area contributed by atoms with Crippen molar-refractivity contribution < 1.29 is 13.2 Å². The summed E-state index contributed by atoms with van der Waals surface area (Å²) in [5.41, 5.74) is 3.83. The molecule has 0 aliphatic carbocycles. The molecule has 0 N–H and O–H groups in total. The molecule has 0 radical (unpaired) electrons. The van der Waals surface area contributed by atoms with Gasteiger partial charge in [-0.05, 0) is 60.5 Å². The molecule has 5 aromatic rings. The molecule has 0 saturated heterocycles. The van der Waals surface area contributed by atoms with Crippen LogP contribution in [0.3, 0.4) is 0 Å². The van der Waals surface area contributed by atoms with Gasteiger partial charge in [-0.15, -0.1) is 0 Å². The smallest absolute Gasteiger partial charge is 0.264 e. The highest BCUT2D eigenvalue weighted by molar-refractivity contribution is 7.92. The maximum atomic E-state index is 13.8. The molecule has 8 heteroatoms. The van der Waals surface area contributed by atoms with Gasteiger partial charge in [0.15, 0.2) is 5.13 Å². The Morgan fingerprint density at radius 2 is 1.49 bits per heavy atom. The van der Waals surface area contributed by atoms with Gasteiger partial charge < -0.3 is 0 Å². The minimum Gasteiger partial charge on any atom is -0.279 e. The molecule has 1 amide bonds. The Morgan fingerprint density at radius 3 is 2.14 bits per heavy atom. The van der Waals surface area contributed by atoms with Gasteiger partial charge in [-0.25, -0.2) is 13.4 Å². The van der Waals surface area contributed by atoms with E-state index in [1.54, 1.807) is 41.3 Å². The SMILES string of the molecule is Cc1cccc2sc(N(Cc3ccccc3)C(=O)c3ccc(S(=O)(=O)N(C)c4ccccc4)cc3)nc12. The van der Waals surface area contributed by atoms with Crippen LogP contribution in [0.25, 0.3) is 10.2 Å². The first-order valence-electron chi connectivity index (χ1n) is 11.7. The van der Waals surface area contributed by atoms with E-state index in [2.05, 4.69) is 0 Å². The van der Waals surface area contributed by atoms with Crippen molar-refractivity contribution in [3.63, 3.8) is 0 Å². The molecule has 6 nitrogen and oxygen atoms in total. The number of para-hydroxylation sites is 2. The van der Waals surface area contributed by atoms with Crippen molar-refractivity contribution in [3.8, 4) is 0 Å². The molecule has 0 aliphatic rings. The van der Waals surface area contributed by atoms with E-state index in [1.165, 1.54) is 34.8 Å². The van der Waals surface area contributed by atoms with E-state index in [-0.39, 0.29) is 10.8 Å². The zero-order valence-corrected chi connectivity index (χ0v) is 22.0. The summed E-state index contributed by atoms with van der Waals surface area (Å²) in [5.74, 6) is -0.249. The lowest BCUT2D eigenvalue weighted by atomic mass is 10.1. The van der Waals surface area contributed by atoms with Crippen LogP contribution in [0.2, 0.25) is 0 Å². The second-order valence-corrected chi connectivity index (χ2v) is 11.6. The standard InChI is InChI=1S/C29H25N3O3S2/c1-21-10-9-15-26-27(21)30-29(36-26)32(20-22-11-5-3-6-12-22)28(33)23-16-18-25(19-17-23)37(34,35)31(2)24-13-7-4-8-14-24/h3-19H,20H2,1-2H3. The third-order valence-electron chi connectivity index (χ3n) is 6.15. The zero-order valence-electron chi connectivity index (χ0n) is 20.4. The van der Waals surface area contributed by atoms with Crippen molar-refractivity contribution in [2.24, 2.45) is 0 Å². The number of benzene rings is 4. The van der Waals surface area contributed by atoms with E-state index < -0.39 is 10.0 Å². The van der Waals surface area contributed by atoms with Crippen molar-refractivity contribution in [3.05, 3.63) is 120 Å². The molecule has 186 valence electrons. The third-order valence-corrected chi connectivity index (χ3v) is 8.99. The van der Waals surface area contributed by atoms with Crippen LogP contribution >= 0.6 is 11.3 Å². The molecule has 0 fully saturated rings. The Morgan fingerprint density at radius 1 is 0.838 bits per heavy atom. The van der Waals surface area contributed by atoms with Crippen molar-refractivity contribution in [2.75, 3.05) is 16.3 Å². The summed E-state index contributed by atoms with van der Waals surface area (Å²) in [4.78, 5) is 20.3. The summed E-state index contributed by atoms with van der Waals surface area (Å²) in [5, 5.41) is 0.596. The fourth-order valence-corrected chi connectivity index (χ4v) is 6.28. The topological polar surface area (TPSA) is 70.6 Å². The van der Waals surface area contributed by atoms with Crippen LogP contribution in [0, 0.1) is 6.92 Å². The highest BCUT2D eigenvalue weighted by atomic mass is 32.2. The van der Waals surface area contributed by atoms with Crippen molar-refractivity contribution in [1.82, 2.24) is 4.98 Å². The lowest BCUT2D eigenvalue weighted by molar-refractivity contribution is 0.0985. The van der Waals surface area contributed by atoms with E-state index >= 15 is 0 Å². The van der Waals surface area contributed by atoms with Crippen LogP contribution < -0.4 is 9.21 Å². The predicted molar refractivity (Wildman–Crippen MR) is 150 cm³/mol. The fourth-order valence-electron chi connectivity index (χ4n) is 4.04. The number of fused-ring (bicyclic) bond motifs is 1. The summed E-state index contributed by atoms with van der Waals surface area (Å²) in [6.45, 7) is 2.34. The third kappa shape index (κ3) is 4.98. The van der Waals surface area contributed by atoms with E-state index in [1.807, 2.05) is 61.5 Å². The monoisotopic (exact) mass is 527 g/mol. The number of carbonyl (C=O) groups is 1. The number of aryl methyl sites for hydroxylation is 1. The molecular formula is C29H25N3O3S2. The van der Waals surface area contributed by atoms with E-state index in [9.17, 15) is 13.2 Å². The van der Waals surface area contributed by atoms with E-state index in [0.717, 1.165) is 21.3 Å². The number of amides is 1. The van der Waals surface area contributed by atoms with Gasteiger partial charge in [-0.2, -0.15) is 0 Å². The van der Waals surface area contributed by atoms with Crippen molar-refractivity contribution in [1.29, 1.82) is 0 Å². The number of aromatic nitrogens is 1. The maximum absolute atomic E-state index is 13.8. The first kappa shape index (κ1) is 24.7.